The van der Waals surface area contributed by atoms with Crippen LogP contribution in [0.1, 0.15) is 37.9 Å². The molecule has 4 heteroatoms. The number of nitrogens with two attached hydrogens (primary N) is 1. The third-order valence-corrected chi connectivity index (χ3v) is 5.38. The molecular weight excluding hydrogens is 326 g/mol. The van der Waals surface area contributed by atoms with Gasteiger partial charge in [0.25, 0.3) is 0 Å². The Morgan fingerprint density at radius 2 is 1.81 bits per heavy atom. The lowest BCUT2D eigenvalue weighted by Gasteiger charge is -2.44. The maximum atomic E-state index is 6.08. The van der Waals surface area contributed by atoms with E-state index in [1.807, 2.05) is 0 Å². The van der Waals surface area contributed by atoms with Gasteiger partial charge in [-0.3, -0.25) is 9.80 Å². The van der Waals surface area contributed by atoms with E-state index in [0.717, 1.165) is 26.2 Å². The first-order valence-corrected chi connectivity index (χ1v) is 8.57. The summed E-state index contributed by atoms with van der Waals surface area (Å²) in [5, 5.41) is 0. The monoisotopic (exact) mass is 353 g/mol. The van der Waals surface area contributed by atoms with E-state index in [9.17, 15) is 0 Å². The molecule has 0 spiro atoms. The molecule has 0 radical (unpaired) electrons. The van der Waals surface area contributed by atoms with Gasteiger partial charge in [-0.25, -0.2) is 0 Å². The molecule has 1 fully saturated rings. The summed E-state index contributed by atoms with van der Waals surface area (Å²) in [5.74, 6) is 0. The van der Waals surface area contributed by atoms with Gasteiger partial charge >= 0.3 is 0 Å². The van der Waals surface area contributed by atoms with Gasteiger partial charge in [-0.05, 0) is 44.9 Å². The standard InChI is InChI=1S/C17H28BrN3/c1-13-11-14(5-6-15(13)18)16(12-19)20-7-9-21(10-8-20)17(2,3)4/h5-6,11,16H,7-10,12,19H2,1-4H3. The van der Waals surface area contributed by atoms with Crippen molar-refractivity contribution < 1.29 is 0 Å². The van der Waals surface area contributed by atoms with Crippen LogP contribution in [0.15, 0.2) is 22.7 Å². The second-order valence-electron chi connectivity index (χ2n) is 6.95. The fraction of sp³-hybridized carbons (Fsp3) is 0.647. The molecule has 3 nitrogen and oxygen atoms in total. The molecule has 118 valence electrons. The predicted molar refractivity (Wildman–Crippen MR) is 93.6 cm³/mol. The molecule has 0 aromatic heterocycles. The van der Waals surface area contributed by atoms with Crippen molar-refractivity contribution in [2.45, 2.75) is 39.3 Å². The van der Waals surface area contributed by atoms with Crippen LogP contribution in [-0.4, -0.2) is 48.1 Å². The van der Waals surface area contributed by atoms with Crippen molar-refractivity contribution in [2.75, 3.05) is 32.7 Å². The number of halogens is 1. The number of hydrogen-bond donors (Lipinski definition) is 1. The lowest BCUT2D eigenvalue weighted by molar-refractivity contribution is 0.0433. The molecule has 0 amide bonds. The molecule has 0 saturated carbocycles. The molecule has 1 aromatic carbocycles. The zero-order valence-corrected chi connectivity index (χ0v) is 15.3. The molecule has 1 saturated heterocycles. The highest BCUT2D eigenvalue weighted by atomic mass is 79.9. The first-order chi connectivity index (χ1) is 9.82. The highest BCUT2D eigenvalue weighted by Crippen LogP contribution is 2.26. The number of hydrogen-bond acceptors (Lipinski definition) is 3. The van der Waals surface area contributed by atoms with E-state index in [1.165, 1.54) is 15.6 Å². The Hall–Kier alpha value is -0.420. The van der Waals surface area contributed by atoms with Crippen molar-refractivity contribution in [1.82, 2.24) is 9.80 Å². The van der Waals surface area contributed by atoms with Crippen LogP contribution in [0.2, 0.25) is 0 Å². The van der Waals surface area contributed by atoms with Crippen LogP contribution in [0.25, 0.3) is 0 Å². The summed E-state index contributed by atoms with van der Waals surface area (Å²) >= 11 is 3.57. The predicted octanol–water partition coefficient (Wildman–Crippen LogP) is 3.17. The van der Waals surface area contributed by atoms with Crippen molar-refractivity contribution in [3.8, 4) is 0 Å². The number of benzene rings is 1. The summed E-state index contributed by atoms with van der Waals surface area (Å²) in [6.07, 6.45) is 0. The smallest absolute Gasteiger partial charge is 0.0471 e. The van der Waals surface area contributed by atoms with E-state index in [4.69, 9.17) is 5.73 Å². The second-order valence-corrected chi connectivity index (χ2v) is 7.81. The first-order valence-electron chi connectivity index (χ1n) is 7.78. The topological polar surface area (TPSA) is 32.5 Å². The van der Waals surface area contributed by atoms with Gasteiger partial charge < -0.3 is 5.73 Å². The molecule has 1 unspecified atom stereocenters. The zero-order valence-electron chi connectivity index (χ0n) is 13.7. The van der Waals surface area contributed by atoms with Crippen LogP contribution in [0.4, 0.5) is 0 Å². The molecule has 1 heterocycles. The Bertz CT molecular complexity index is 473. The van der Waals surface area contributed by atoms with E-state index in [1.54, 1.807) is 0 Å². The molecule has 1 atom stereocenters. The summed E-state index contributed by atoms with van der Waals surface area (Å²) in [4.78, 5) is 5.09. The molecule has 1 aromatic rings. The van der Waals surface area contributed by atoms with E-state index in [2.05, 4.69) is 71.6 Å². The van der Waals surface area contributed by atoms with E-state index < -0.39 is 0 Å². The minimum absolute atomic E-state index is 0.262. The van der Waals surface area contributed by atoms with Gasteiger partial charge in [-0.2, -0.15) is 0 Å². The SMILES string of the molecule is Cc1cc(C(CN)N2CCN(C(C)(C)C)CC2)ccc1Br. The molecule has 2 N–H and O–H groups in total. The van der Waals surface area contributed by atoms with Crippen LogP contribution in [-0.2, 0) is 0 Å². The third-order valence-electron chi connectivity index (χ3n) is 4.49. The first kappa shape index (κ1) is 16.9. The van der Waals surface area contributed by atoms with Gasteiger partial charge in [0.15, 0.2) is 0 Å². The minimum Gasteiger partial charge on any atom is -0.329 e. The normalized spacial score (nSPS) is 19.7. The van der Waals surface area contributed by atoms with E-state index in [-0.39, 0.29) is 5.54 Å². The van der Waals surface area contributed by atoms with Crippen molar-refractivity contribution in [3.63, 3.8) is 0 Å². The van der Waals surface area contributed by atoms with Gasteiger partial charge in [0.2, 0.25) is 0 Å². The average Bonchev–Trinajstić information content (AvgIpc) is 2.43. The fourth-order valence-electron chi connectivity index (χ4n) is 3.08. The summed E-state index contributed by atoms with van der Waals surface area (Å²) in [6, 6.07) is 6.93. The Labute approximate surface area is 137 Å². The van der Waals surface area contributed by atoms with Crippen LogP contribution in [0, 0.1) is 6.92 Å². The van der Waals surface area contributed by atoms with Crippen LogP contribution in [0.5, 0.6) is 0 Å². The van der Waals surface area contributed by atoms with Crippen LogP contribution >= 0.6 is 15.9 Å². The quantitative estimate of drug-likeness (QED) is 0.905. The zero-order chi connectivity index (χ0) is 15.6. The lowest BCUT2D eigenvalue weighted by atomic mass is 10.0. The van der Waals surface area contributed by atoms with Gasteiger partial charge in [0.05, 0.1) is 0 Å². The van der Waals surface area contributed by atoms with Crippen molar-refractivity contribution in [3.05, 3.63) is 33.8 Å². The summed E-state index contributed by atoms with van der Waals surface area (Å²) in [6.45, 7) is 14.1. The molecule has 0 bridgehead atoms. The average molecular weight is 354 g/mol. The highest BCUT2D eigenvalue weighted by Gasteiger charge is 2.29. The lowest BCUT2D eigenvalue weighted by Crippen LogP contribution is -2.54. The Morgan fingerprint density at radius 3 is 2.29 bits per heavy atom. The molecule has 1 aliphatic heterocycles. The molecule has 0 aliphatic carbocycles. The number of nitrogens with zero attached hydrogens (tertiary/aromatic N) is 2. The van der Waals surface area contributed by atoms with Gasteiger partial charge in [-0.15, -0.1) is 0 Å². The molecular formula is C17H28BrN3. The Balaban J connectivity index is 2.07. The molecule has 2 rings (SSSR count). The van der Waals surface area contributed by atoms with Crippen LogP contribution in [0.3, 0.4) is 0 Å². The van der Waals surface area contributed by atoms with E-state index in [0.29, 0.717) is 12.6 Å². The summed E-state index contributed by atoms with van der Waals surface area (Å²) in [5.41, 5.74) is 8.95. The van der Waals surface area contributed by atoms with Crippen molar-refractivity contribution >= 4 is 15.9 Å². The summed E-state index contributed by atoms with van der Waals surface area (Å²) < 4.78 is 1.17. The third kappa shape index (κ3) is 4.07. The largest absolute Gasteiger partial charge is 0.329 e. The number of aryl methyl sites for hydroxylation is 1. The molecule has 21 heavy (non-hydrogen) atoms. The van der Waals surface area contributed by atoms with E-state index >= 15 is 0 Å². The highest BCUT2D eigenvalue weighted by molar-refractivity contribution is 9.10. The van der Waals surface area contributed by atoms with Crippen molar-refractivity contribution in [1.29, 1.82) is 0 Å². The summed E-state index contributed by atoms with van der Waals surface area (Å²) in [7, 11) is 0. The van der Waals surface area contributed by atoms with Gasteiger partial charge in [0, 0.05) is 48.8 Å². The van der Waals surface area contributed by atoms with Crippen molar-refractivity contribution in [2.24, 2.45) is 5.73 Å². The van der Waals surface area contributed by atoms with Gasteiger partial charge in [0.1, 0.15) is 0 Å². The number of piperazine rings is 1. The maximum Gasteiger partial charge on any atom is 0.0471 e. The Kier molecular flexibility index (Phi) is 5.47. The minimum atomic E-state index is 0.262. The van der Waals surface area contributed by atoms with Gasteiger partial charge in [-0.1, -0.05) is 28.1 Å². The Morgan fingerprint density at radius 1 is 1.19 bits per heavy atom. The molecule has 1 aliphatic rings. The van der Waals surface area contributed by atoms with Crippen LogP contribution < -0.4 is 5.73 Å². The maximum absolute atomic E-state index is 6.08. The number of rotatable bonds is 3. The fourth-order valence-corrected chi connectivity index (χ4v) is 3.32. The second kappa shape index (κ2) is 6.78.